The van der Waals surface area contributed by atoms with Crippen LogP contribution in [0.15, 0.2) is 30.3 Å². The minimum absolute atomic E-state index is 0.0250. The van der Waals surface area contributed by atoms with Crippen LogP contribution in [-0.4, -0.2) is 37.0 Å². The molecule has 0 saturated carbocycles. The summed E-state index contributed by atoms with van der Waals surface area (Å²) in [5.74, 6) is 0.517. The lowest BCUT2D eigenvalue weighted by Gasteiger charge is -2.09. The van der Waals surface area contributed by atoms with Crippen LogP contribution >= 0.6 is 0 Å². The Hall–Kier alpha value is -2.40. The van der Waals surface area contributed by atoms with Gasteiger partial charge in [-0.25, -0.2) is 0 Å². The molecule has 5 nitrogen and oxygen atoms in total. The topological polar surface area (TPSA) is 57.5 Å². The van der Waals surface area contributed by atoms with Crippen molar-refractivity contribution in [3.8, 4) is 5.75 Å². The van der Waals surface area contributed by atoms with Crippen molar-refractivity contribution in [2.45, 2.75) is 26.8 Å². The van der Waals surface area contributed by atoms with E-state index in [1.165, 1.54) is 0 Å². The largest absolute Gasteiger partial charge is 0.485 e. The SMILES string of the molecule is COCCCn1c(C)cc(C(=O)COc2ccc(C=O)cc2)c1C. The van der Waals surface area contributed by atoms with Crippen molar-refractivity contribution < 1.29 is 19.1 Å². The number of ether oxygens (including phenoxy) is 2. The molecule has 0 saturated heterocycles. The molecule has 1 aromatic carbocycles. The number of aryl methyl sites for hydroxylation is 1. The van der Waals surface area contributed by atoms with Gasteiger partial charge < -0.3 is 14.0 Å². The average Bonchev–Trinajstić information content (AvgIpc) is 2.88. The highest BCUT2D eigenvalue weighted by Crippen LogP contribution is 2.18. The van der Waals surface area contributed by atoms with Gasteiger partial charge in [0.1, 0.15) is 12.0 Å². The van der Waals surface area contributed by atoms with Gasteiger partial charge in [-0.15, -0.1) is 0 Å². The Morgan fingerprint density at radius 2 is 1.92 bits per heavy atom. The molecule has 1 heterocycles. The lowest BCUT2D eigenvalue weighted by molar-refractivity contribution is 0.0920. The first-order valence-corrected chi connectivity index (χ1v) is 7.93. The van der Waals surface area contributed by atoms with E-state index in [1.807, 2.05) is 19.9 Å². The Bertz CT molecular complexity index is 701. The summed E-state index contributed by atoms with van der Waals surface area (Å²) < 4.78 is 12.7. The minimum atomic E-state index is -0.0550. The molecule has 0 spiro atoms. The van der Waals surface area contributed by atoms with E-state index in [2.05, 4.69) is 4.57 Å². The maximum atomic E-state index is 12.4. The third-order valence-electron chi connectivity index (χ3n) is 3.99. The van der Waals surface area contributed by atoms with E-state index < -0.39 is 0 Å². The first-order chi connectivity index (χ1) is 11.6. The maximum absolute atomic E-state index is 12.4. The minimum Gasteiger partial charge on any atom is -0.485 e. The van der Waals surface area contributed by atoms with E-state index in [0.717, 1.165) is 30.6 Å². The second kappa shape index (κ2) is 8.45. The number of methoxy groups -OCH3 is 1. The fourth-order valence-corrected chi connectivity index (χ4v) is 2.66. The Kier molecular flexibility index (Phi) is 6.32. The number of Topliss-reactive ketones (excluding diaryl/α,β-unsaturated/α-hetero) is 1. The number of hydrogen-bond donors (Lipinski definition) is 0. The molecule has 0 N–H and O–H groups in total. The van der Waals surface area contributed by atoms with E-state index in [0.29, 0.717) is 23.5 Å². The van der Waals surface area contributed by atoms with Crippen LogP contribution < -0.4 is 4.74 Å². The van der Waals surface area contributed by atoms with Gasteiger partial charge in [0.05, 0.1) is 0 Å². The van der Waals surface area contributed by atoms with E-state index in [9.17, 15) is 9.59 Å². The van der Waals surface area contributed by atoms with Crippen molar-refractivity contribution in [2.24, 2.45) is 0 Å². The van der Waals surface area contributed by atoms with Crippen LogP contribution in [0.4, 0.5) is 0 Å². The fourth-order valence-electron chi connectivity index (χ4n) is 2.66. The summed E-state index contributed by atoms with van der Waals surface area (Å²) in [5, 5.41) is 0. The predicted molar refractivity (Wildman–Crippen MR) is 92.1 cm³/mol. The zero-order valence-electron chi connectivity index (χ0n) is 14.4. The highest BCUT2D eigenvalue weighted by Gasteiger charge is 2.16. The molecule has 0 aliphatic heterocycles. The third-order valence-corrected chi connectivity index (χ3v) is 3.99. The van der Waals surface area contributed by atoms with Crippen LogP contribution in [0.1, 0.15) is 38.5 Å². The summed E-state index contributed by atoms with van der Waals surface area (Å²) in [5.41, 5.74) is 3.28. The van der Waals surface area contributed by atoms with Crippen molar-refractivity contribution in [1.82, 2.24) is 4.57 Å². The molecule has 1 aromatic heterocycles. The average molecular weight is 329 g/mol. The molecule has 0 bridgehead atoms. The number of ketones is 1. The van der Waals surface area contributed by atoms with Gasteiger partial charge in [0.2, 0.25) is 5.78 Å². The molecule has 0 aliphatic rings. The van der Waals surface area contributed by atoms with E-state index >= 15 is 0 Å². The molecule has 0 unspecified atom stereocenters. The van der Waals surface area contributed by atoms with Crippen molar-refractivity contribution in [3.05, 3.63) is 52.8 Å². The molecule has 2 aromatic rings. The van der Waals surface area contributed by atoms with Crippen LogP contribution in [0.2, 0.25) is 0 Å². The summed E-state index contributed by atoms with van der Waals surface area (Å²) in [6.07, 6.45) is 1.67. The van der Waals surface area contributed by atoms with Gasteiger partial charge in [-0.3, -0.25) is 9.59 Å². The Labute approximate surface area is 142 Å². The Morgan fingerprint density at radius 1 is 1.21 bits per heavy atom. The van der Waals surface area contributed by atoms with E-state index in [1.54, 1.807) is 31.4 Å². The Balaban J connectivity index is 2.01. The molecule has 0 fully saturated rings. The zero-order chi connectivity index (χ0) is 17.5. The van der Waals surface area contributed by atoms with Gasteiger partial charge >= 0.3 is 0 Å². The van der Waals surface area contributed by atoms with Crippen molar-refractivity contribution in [2.75, 3.05) is 20.3 Å². The van der Waals surface area contributed by atoms with Crippen molar-refractivity contribution in [1.29, 1.82) is 0 Å². The van der Waals surface area contributed by atoms with Gasteiger partial charge in [0.15, 0.2) is 6.61 Å². The van der Waals surface area contributed by atoms with Gasteiger partial charge in [0, 0.05) is 42.8 Å². The first kappa shape index (κ1) is 17.9. The molecule has 0 amide bonds. The fraction of sp³-hybridized carbons (Fsp3) is 0.368. The first-order valence-electron chi connectivity index (χ1n) is 7.93. The van der Waals surface area contributed by atoms with E-state index in [4.69, 9.17) is 9.47 Å². The van der Waals surface area contributed by atoms with Crippen LogP contribution in [0.5, 0.6) is 5.75 Å². The lowest BCUT2D eigenvalue weighted by Crippen LogP contribution is -2.13. The number of benzene rings is 1. The number of carbonyl (C=O) groups is 2. The summed E-state index contributed by atoms with van der Waals surface area (Å²) in [4.78, 5) is 23.1. The molecular formula is C19H23NO4. The summed E-state index contributed by atoms with van der Waals surface area (Å²) >= 11 is 0. The molecular weight excluding hydrogens is 306 g/mol. The van der Waals surface area contributed by atoms with Crippen LogP contribution in [0.25, 0.3) is 0 Å². The summed E-state index contributed by atoms with van der Waals surface area (Å²) in [6.45, 7) is 5.44. The third kappa shape index (κ3) is 4.32. The van der Waals surface area contributed by atoms with Crippen LogP contribution in [-0.2, 0) is 11.3 Å². The quantitative estimate of drug-likeness (QED) is 0.403. The number of carbonyl (C=O) groups excluding carboxylic acids is 2. The number of aldehydes is 1. The zero-order valence-corrected chi connectivity index (χ0v) is 14.4. The molecule has 0 atom stereocenters. The number of nitrogens with zero attached hydrogens (tertiary/aromatic N) is 1. The van der Waals surface area contributed by atoms with Crippen molar-refractivity contribution >= 4 is 12.1 Å². The molecule has 2 rings (SSSR count). The number of rotatable bonds is 9. The molecule has 0 aliphatic carbocycles. The molecule has 24 heavy (non-hydrogen) atoms. The summed E-state index contributed by atoms with van der Waals surface area (Å²) in [7, 11) is 1.68. The van der Waals surface area contributed by atoms with Gasteiger partial charge in [-0.2, -0.15) is 0 Å². The van der Waals surface area contributed by atoms with Gasteiger partial charge in [-0.05, 0) is 50.6 Å². The van der Waals surface area contributed by atoms with E-state index in [-0.39, 0.29) is 12.4 Å². The van der Waals surface area contributed by atoms with Crippen LogP contribution in [0.3, 0.4) is 0 Å². The molecule has 128 valence electrons. The van der Waals surface area contributed by atoms with Crippen LogP contribution in [0, 0.1) is 13.8 Å². The molecule has 5 heteroatoms. The maximum Gasteiger partial charge on any atom is 0.202 e. The smallest absolute Gasteiger partial charge is 0.202 e. The summed E-state index contributed by atoms with van der Waals surface area (Å²) in [6, 6.07) is 8.60. The van der Waals surface area contributed by atoms with Gasteiger partial charge in [0.25, 0.3) is 0 Å². The monoisotopic (exact) mass is 329 g/mol. The predicted octanol–water partition coefficient (Wildman–Crippen LogP) is 3.22. The normalized spacial score (nSPS) is 10.6. The highest BCUT2D eigenvalue weighted by molar-refractivity contribution is 5.98. The standard InChI is InChI=1S/C19H23NO4/c1-14-11-18(15(2)20(14)9-4-10-23-3)19(22)13-24-17-7-5-16(12-21)6-8-17/h5-8,11-12H,4,9-10,13H2,1-3H3. The lowest BCUT2D eigenvalue weighted by atomic mass is 10.1. The second-order valence-electron chi connectivity index (χ2n) is 5.68. The second-order valence-corrected chi connectivity index (χ2v) is 5.68. The molecule has 0 radical (unpaired) electrons. The highest BCUT2D eigenvalue weighted by atomic mass is 16.5. The van der Waals surface area contributed by atoms with Gasteiger partial charge in [-0.1, -0.05) is 0 Å². The Morgan fingerprint density at radius 3 is 2.54 bits per heavy atom. The number of aromatic nitrogens is 1. The van der Waals surface area contributed by atoms with Crippen molar-refractivity contribution in [3.63, 3.8) is 0 Å². The number of hydrogen-bond acceptors (Lipinski definition) is 4.